The van der Waals surface area contributed by atoms with E-state index in [4.69, 9.17) is 9.47 Å². The number of ether oxygens (including phenoxy) is 2. The minimum Gasteiger partial charge on any atom is -0.545 e. The molecule has 0 amide bonds. The molecule has 39 heavy (non-hydrogen) atoms. The van der Waals surface area contributed by atoms with Crippen molar-refractivity contribution in [3.05, 3.63) is 120 Å². The number of carbonyl (C=O) groups excluding carboxylic acids is 2. The van der Waals surface area contributed by atoms with Gasteiger partial charge in [0.25, 0.3) is 0 Å². The number of hydrogen-bond acceptors (Lipinski definition) is 8. The van der Waals surface area contributed by atoms with Crippen LogP contribution >= 0.6 is 0 Å². The molecule has 2 aromatic heterocycles. The number of aromatic nitrogens is 2. The van der Waals surface area contributed by atoms with Crippen molar-refractivity contribution in [2.75, 3.05) is 0 Å². The fourth-order valence-electron chi connectivity index (χ4n) is 2.67. The summed E-state index contributed by atoms with van der Waals surface area (Å²) in [5.74, 6) is -1.14. The third-order valence-electron chi connectivity index (χ3n) is 4.49. The fraction of sp³-hybridized carbons (Fsp3) is 0.0769. The van der Waals surface area contributed by atoms with E-state index in [2.05, 4.69) is 9.97 Å². The summed E-state index contributed by atoms with van der Waals surface area (Å²) in [4.78, 5) is 28.9. The van der Waals surface area contributed by atoms with Crippen molar-refractivity contribution in [3.8, 4) is 11.5 Å². The van der Waals surface area contributed by atoms with Crippen LogP contribution in [0.1, 0.15) is 31.8 Å². The van der Waals surface area contributed by atoms with Gasteiger partial charge < -0.3 is 51.2 Å². The van der Waals surface area contributed by atoms with Gasteiger partial charge in [0, 0.05) is 24.8 Å². The Kier molecular flexibility index (Phi) is 20.7. The Bertz CT molecular complexity index is 1100. The first-order chi connectivity index (χ1) is 16.5. The van der Waals surface area contributed by atoms with Crippen LogP contribution in [-0.2, 0) is 51.9 Å². The standard InChI is InChI=1S/2C13H11NO3.Co.4H2O/c2*15-13(16)11-1-3-12(4-2-11)17-9-10-5-7-14-8-6-10;;;;;/h2*1-8H,9H2,(H,15,16);;4*1H2/q;;+2;;;;/p+2. The molecule has 0 saturated carbocycles. The van der Waals surface area contributed by atoms with Gasteiger partial charge in [0.2, 0.25) is 0 Å². The molecule has 211 valence electrons. The molecule has 0 bridgehead atoms. The van der Waals surface area contributed by atoms with Crippen molar-refractivity contribution in [3.63, 3.8) is 0 Å². The summed E-state index contributed by atoms with van der Waals surface area (Å²) in [6.45, 7) is 0.848. The summed E-state index contributed by atoms with van der Waals surface area (Å²) in [6.07, 6.45) is 6.77. The third kappa shape index (κ3) is 13.7. The van der Waals surface area contributed by atoms with E-state index in [1.807, 2.05) is 24.3 Å². The molecule has 0 aliphatic rings. The maximum atomic E-state index is 10.5. The van der Waals surface area contributed by atoms with Gasteiger partial charge >= 0.3 is 16.8 Å². The quantitative estimate of drug-likeness (QED) is 0.214. The summed E-state index contributed by atoms with van der Waals surface area (Å²) in [5, 5.41) is 21.1. The number of aromatic carboxylic acids is 2. The average molecular weight is 591 g/mol. The van der Waals surface area contributed by atoms with Crippen LogP contribution in [-0.4, -0.2) is 21.9 Å². The summed E-state index contributed by atoms with van der Waals surface area (Å²) < 4.78 is 11.0. The zero-order valence-electron chi connectivity index (χ0n) is 20.6. The molecule has 0 aliphatic carbocycles. The van der Waals surface area contributed by atoms with Crippen LogP contribution in [0.2, 0.25) is 0 Å². The van der Waals surface area contributed by atoms with Crippen molar-refractivity contribution < 1.29 is 68.0 Å². The van der Waals surface area contributed by atoms with Crippen molar-refractivity contribution in [1.29, 1.82) is 0 Å². The summed E-state index contributed by atoms with van der Waals surface area (Å²) in [6, 6.07) is 19.7. The number of nitrogens with zero attached hydrogens (tertiary/aromatic N) is 2. The molecule has 4 aromatic rings. The Labute approximate surface area is 234 Å². The SMILES string of the molecule is O=C([O-])c1ccc(OCc2ccncc2)cc1.O=C([O-])c1ccc(OCc2ccncc2)cc1.[Co+2].[OH3+].[OH3+].[OH3+].[OH3+]. The maximum absolute atomic E-state index is 10.5. The number of rotatable bonds is 8. The third-order valence-corrected chi connectivity index (χ3v) is 4.49. The molecule has 0 fully saturated rings. The van der Waals surface area contributed by atoms with Crippen LogP contribution < -0.4 is 19.7 Å². The largest absolute Gasteiger partial charge is 2.00 e. The second-order valence-corrected chi connectivity index (χ2v) is 6.91. The molecule has 1 radical (unpaired) electrons. The normalized spacial score (nSPS) is 8.62. The molecule has 0 unspecified atom stereocenters. The second kappa shape index (κ2) is 20.7. The number of carbonyl (C=O) groups is 2. The number of carboxylic acids is 2. The molecular formula is C26H32CoN2O10+4. The van der Waals surface area contributed by atoms with Gasteiger partial charge in [-0.2, -0.15) is 0 Å². The zero-order chi connectivity index (χ0) is 24.2. The molecule has 12 nitrogen and oxygen atoms in total. The fourth-order valence-corrected chi connectivity index (χ4v) is 2.67. The van der Waals surface area contributed by atoms with Gasteiger partial charge in [-0.3, -0.25) is 9.97 Å². The van der Waals surface area contributed by atoms with Crippen LogP contribution in [0.15, 0.2) is 97.6 Å². The molecule has 0 atom stereocenters. The monoisotopic (exact) mass is 591 g/mol. The van der Waals surface area contributed by atoms with Gasteiger partial charge in [0.1, 0.15) is 24.7 Å². The number of hydrogen-bond donors (Lipinski definition) is 0. The molecule has 2 aromatic carbocycles. The molecular weight excluding hydrogens is 559 g/mol. The summed E-state index contributed by atoms with van der Waals surface area (Å²) >= 11 is 0. The number of carboxylic acid groups (broad SMARTS) is 2. The smallest absolute Gasteiger partial charge is 0.545 e. The van der Waals surface area contributed by atoms with Crippen molar-refractivity contribution >= 4 is 11.9 Å². The van der Waals surface area contributed by atoms with Crippen LogP contribution in [0.4, 0.5) is 0 Å². The Hall–Kier alpha value is -4.37. The topological polar surface area (TPSA) is 256 Å². The van der Waals surface area contributed by atoms with Gasteiger partial charge in [-0.15, -0.1) is 0 Å². The van der Waals surface area contributed by atoms with Crippen LogP contribution in [0.25, 0.3) is 0 Å². The van der Waals surface area contributed by atoms with Gasteiger partial charge in [-0.05, 0) is 95.1 Å². The molecule has 13 heteroatoms. The summed E-state index contributed by atoms with van der Waals surface area (Å²) in [5.41, 5.74) is 2.29. The summed E-state index contributed by atoms with van der Waals surface area (Å²) in [7, 11) is 0. The minimum absolute atomic E-state index is 0. The van der Waals surface area contributed by atoms with E-state index in [1.165, 1.54) is 24.3 Å². The Morgan fingerprint density at radius 3 is 1.08 bits per heavy atom. The number of pyridine rings is 2. The first-order valence-electron chi connectivity index (χ1n) is 10.2. The average Bonchev–Trinajstić information content (AvgIpc) is 2.88. The van der Waals surface area contributed by atoms with Gasteiger partial charge in [-0.1, -0.05) is 0 Å². The predicted molar refractivity (Wildman–Crippen MR) is 138 cm³/mol. The number of benzene rings is 2. The van der Waals surface area contributed by atoms with E-state index >= 15 is 0 Å². The van der Waals surface area contributed by atoms with Crippen molar-refractivity contribution in [1.82, 2.24) is 9.97 Å². The first-order valence-corrected chi connectivity index (χ1v) is 10.2. The van der Waals surface area contributed by atoms with Crippen LogP contribution in [0.3, 0.4) is 0 Å². The maximum Gasteiger partial charge on any atom is 2.00 e. The Morgan fingerprint density at radius 2 is 0.821 bits per heavy atom. The second-order valence-electron chi connectivity index (χ2n) is 6.91. The zero-order valence-corrected chi connectivity index (χ0v) is 21.7. The Morgan fingerprint density at radius 1 is 0.538 bits per heavy atom. The van der Waals surface area contributed by atoms with E-state index in [-0.39, 0.29) is 49.8 Å². The van der Waals surface area contributed by atoms with E-state index in [1.54, 1.807) is 49.1 Å². The molecule has 0 saturated heterocycles. The molecule has 12 N–H and O–H groups in total. The van der Waals surface area contributed by atoms with E-state index in [0.717, 1.165) is 11.1 Å². The minimum atomic E-state index is -1.19. The van der Waals surface area contributed by atoms with Gasteiger partial charge in [-0.25, -0.2) is 0 Å². The molecule has 0 spiro atoms. The van der Waals surface area contributed by atoms with E-state index in [0.29, 0.717) is 24.7 Å². The molecule has 2 heterocycles. The van der Waals surface area contributed by atoms with E-state index in [9.17, 15) is 19.8 Å². The Balaban J connectivity index is -0.000000589. The molecule has 4 rings (SSSR count). The van der Waals surface area contributed by atoms with Crippen LogP contribution in [0, 0.1) is 0 Å². The first kappa shape index (κ1) is 39.1. The van der Waals surface area contributed by atoms with Crippen molar-refractivity contribution in [2.45, 2.75) is 13.2 Å². The predicted octanol–water partition coefficient (Wildman–Crippen LogP) is -1.64. The van der Waals surface area contributed by atoms with Gasteiger partial charge in [0.05, 0.1) is 11.9 Å². The van der Waals surface area contributed by atoms with Crippen LogP contribution in [0.5, 0.6) is 11.5 Å². The molecule has 0 aliphatic heterocycles. The van der Waals surface area contributed by atoms with Gasteiger partial charge in [0.15, 0.2) is 0 Å². The van der Waals surface area contributed by atoms with Crippen molar-refractivity contribution in [2.24, 2.45) is 0 Å². The van der Waals surface area contributed by atoms with E-state index < -0.39 is 11.9 Å².